The number of anilines is 1. The molecule has 19 heavy (non-hydrogen) atoms. The molecule has 1 aromatic rings. The standard InChI is InChI=1S/C16H25FN2/c1-11(2)9-10-19(13-7-8-13)15-6-4-5-14(17)16(15)12(3)18/h4-6,11-13H,7-10,18H2,1-3H3/t12-/m1/s1. The number of halogens is 1. The van der Waals surface area contributed by atoms with E-state index in [1.54, 1.807) is 6.07 Å². The summed E-state index contributed by atoms with van der Waals surface area (Å²) in [6, 6.07) is 5.63. The minimum absolute atomic E-state index is 0.178. The van der Waals surface area contributed by atoms with Crippen molar-refractivity contribution in [3.8, 4) is 0 Å². The Morgan fingerprint density at radius 1 is 1.32 bits per heavy atom. The number of rotatable bonds is 6. The van der Waals surface area contributed by atoms with E-state index in [1.165, 1.54) is 18.9 Å². The normalized spacial score (nSPS) is 16.7. The van der Waals surface area contributed by atoms with Gasteiger partial charge in [-0.05, 0) is 44.2 Å². The maximum absolute atomic E-state index is 14.0. The maximum atomic E-state index is 14.0. The Hall–Kier alpha value is -1.09. The van der Waals surface area contributed by atoms with Gasteiger partial charge in [0.25, 0.3) is 0 Å². The van der Waals surface area contributed by atoms with E-state index in [1.807, 2.05) is 13.0 Å². The number of nitrogens with zero attached hydrogens (tertiary/aromatic N) is 1. The van der Waals surface area contributed by atoms with E-state index in [0.717, 1.165) is 18.7 Å². The second-order valence-corrected chi connectivity index (χ2v) is 6.07. The molecular formula is C16H25FN2. The Kier molecular flexibility index (Phi) is 4.46. The Bertz CT molecular complexity index is 425. The van der Waals surface area contributed by atoms with Crippen LogP contribution in [0.2, 0.25) is 0 Å². The Labute approximate surface area is 115 Å². The molecule has 2 N–H and O–H groups in total. The second-order valence-electron chi connectivity index (χ2n) is 6.07. The highest BCUT2D eigenvalue weighted by molar-refractivity contribution is 5.57. The summed E-state index contributed by atoms with van der Waals surface area (Å²) in [5, 5.41) is 0. The van der Waals surface area contributed by atoms with Crippen LogP contribution in [-0.2, 0) is 0 Å². The van der Waals surface area contributed by atoms with Crippen LogP contribution in [0.25, 0.3) is 0 Å². The molecule has 1 aliphatic rings. The molecule has 1 saturated carbocycles. The third kappa shape index (κ3) is 3.47. The molecule has 0 unspecified atom stereocenters. The van der Waals surface area contributed by atoms with E-state index in [2.05, 4.69) is 18.7 Å². The predicted molar refractivity (Wildman–Crippen MR) is 78.8 cm³/mol. The Morgan fingerprint density at radius 2 is 2.00 bits per heavy atom. The van der Waals surface area contributed by atoms with Gasteiger partial charge in [-0.1, -0.05) is 19.9 Å². The molecule has 0 radical (unpaired) electrons. The number of benzene rings is 1. The zero-order valence-electron chi connectivity index (χ0n) is 12.2. The molecule has 0 bridgehead atoms. The summed E-state index contributed by atoms with van der Waals surface area (Å²) in [4.78, 5) is 2.36. The van der Waals surface area contributed by atoms with Crippen molar-refractivity contribution in [2.24, 2.45) is 11.7 Å². The average Bonchev–Trinajstić information content (AvgIpc) is 3.12. The zero-order valence-corrected chi connectivity index (χ0v) is 12.2. The molecule has 0 saturated heterocycles. The molecule has 0 heterocycles. The van der Waals surface area contributed by atoms with Gasteiger partial charge >= 0.3 is 0 Å². The fourth-order valence-corrected chi connectivity index (χ4v) is 2.51. The van der Waals surface area contributed by atoms with Crippen LogP contribution in [0.1, 0.15) is 51.6 Å². The third-order valence-electron chi connectivity index (χ3n) is 3.73. The minimum atomic E-state index is -0.267. The van der Waals surface area contributed by atoms with E-state index < -0.39 is 0 Å². The minimum Gasteiger partial charge on any atom is -0.368 e. The summed E-state index contributed by atoms with van der Waals surface area (Å²) in [7, 11) is 0. The van der Waals surface area contributed by atoms with Crippen LogP contribution >= 0.6 is 0 Å². The van der Waals surface area contributed by atoms with Gasteiger partial charge in [0.15, 0.2) is 0 Å². The van der Waals surface area contributed by atoms with E-state index in [0.29, 0.717) is 17.5 Å². The topological polar surface area (TPSA) is 29.3 Å². The van der Waals surface area contributed by atoms with Crippen molar-refractivity contribution in [3.05, 3.63) is 29.6 Å². The first kappa shape index (κ1) is 14.3. The lowest BCUT2D eigenvalue weighted by Crippen LogP contribution is -2.30. The first-order chi connectivity index (χ1) is 9.00. The molecule has 1 aromatic carbocycles. The molecule has 2 nitrogen and oxygen atoms in total. The summed E-state index contributed by atoms with van der Waals surface area (Å²) in [5.74, 6) is 0.483. The molecule has 1 fully saturated rings. The molecule has 1 aliphatic carbocycles. The molecule has 3 heteroatoms. The summed E-state index contributed by atoms with van der Waals surface area (Å²) >= 11 is 0. The second kappa shape index (κ2) is 5.91. The molecule has 106 valence electrons. The van der Waals surface area contributed by atoms with Crippen molar-refractivity contribution in [1.82, 2.24) is 0 Å². The van der Waals surface area contributed by atoms with Crippen LogP contribution in [0.3, 0.4) is 0 Å². The van der Waals surface area contributed by atoms with Gasteiger partial charge in [-0.2, -0.15) is 0 Å². The van der Waals surface area contributed by atoms with Gasteiger partial charge in [0.2, 0.25) is 0 Å². The van der Waals surface area contributed by atoms with Gasteiger partial charge in [-0.25, -0.2) is 4.39 Å². The van der Waals surface area contributed by atoms with Crippen LogP contribution in [0, 0.1) is 11.7 Å². The van der Waals surface area contributed by atoms with E-state index in [4.69, 9.17) is 5.73 Å². The number of nitrogens with two attached hydrogens (primary N) is 1. The van der Waals surface area contributed by atoms with Gasteiger partial charge in [-0.15, -0.1) is 0 Å². The van der Waals surface area contributed by atoms with Gasteiger partial charge in [0.1, 0.15) is 5.82 Å². The van der Waals surface area contributed by atoms with Crippen molar-refractivity contribution in [2.75, 3.05) is 11.4 Å². The average molecular weight is 264 g/mol. The zero-order chi connectivity index (χ0) is 14.0. The lowest BCUT2D eigenvalue weighted by Gasteiger charge is -2.29. The highest BCUT2D eigenvalue weighted by Gasteiger charge is 2.31. The monoisotopic (exact) mass is 264 g/mol. The van der Waals surface area contributed by atoms with Gasteiger partial charge in [-0.3, -0.25) is 0 Å². The van der Waals surface area contributed by atoms with Crippen molar-refractivity contribution < 1.29 is 4.39 Å². The van der Waals surface area contributed by atoms with E-state index >= 15 is 0 Å². The van der Waals surface area contributed by atoms with Crippen LogP contribution < -0.4 is 10.6 Å². The number of hydrogen-bond acceptors (Lipinski definition) is 2. The highest BCUT2D eigenvalue weighted by atomic mass is 19.1. The molecule has 0 aliphatic heterocycles. The van der Waals surface area contributed by atoms with Gasteiger partial charge < -0.3 is 10.6 Å². The summed E-state index contributed by atoms with van der Waals surface area (Å²) in [5.41, 5.74) is 7.63. The van der Waals surface area contributed by atoms with Crippen LogP contribution in [0.4, 0.5) is 10.1 Å². The van der Waals surface area contributed by atoms with E-state index in [9.17, 15) is 4.39 Å². The largest absolute Gasteiger partial charge is 0.368 e. The van der Waals surface area contributed by atoms with Gasteiger partial charge in [0.05, 0.1) is 0 Å². The lowest BCUT2D eigenvalue weighted by atomic mass is 10.0. The quantitative estimate of drug-likeness (QED) is 0.845. The highest BCUT2D eigenvalue weighted by Crippen LogP contribution is 2.36. The van der Waals surface area contributed by atoms with Crippen LogP contribution in [-0.4, -0.2) is 12.6 Å². The van der Waals surface area contributed by atoms with Crippen molar-refractivity contribution >= 4 is 5.69 Å². The Morgan fingerprint density at radius 3 is 2.53 bits per heavy atom. The van der Waals surface area contributed by atoms with Crippen molar-refractivity contribution in [2.45, 2.75) is 52.1 Å². The first-order valence-corrected chi connectivity index (χ1v) is 7.31. The smallest absolute Gasteiger partial charge is 0.130 e. The van der Waals surface area contributed by atoms with Crippen molar-refractivity contribution in [1.29, 1.82) is 0 Å². The SMILES string of the molecule is CC(C)CCN(c1cccc(F)c1[C@@H](C)N)C1CC1. The fourth-order valence-electron chi connectivity index (χ4n) is 2.51. The lowest BCUT2D eigenvalue weighted by molar-refractivity contribution is 0.562. The summed E-state index contributed by atoms with van der Waals surface area (Å²) < 4.78 is 14.0. The van der Waals surface area contributed by atoms with Crippen molar-refractivity contribution in [3.63, 3.8) is 0 Å². The summed E-state index contributed by atoms with van der Waals surface area (Å²) in [6.45, 7) is 7.30. The fraction of sp³-hybridized carbons (Fsp3) is 0.625. The third-order valence-corrected chi connectivity index (χ3v) is 3.73. The van der Waals surface area contributed by atoms with Crippen LogP contribution in [0.15, 0.2) is 18.2 Å². The predicted octanol–water partition coefficient (Wildman–Crippen LogP) is 3.86. The molecule has 0 spiro atoms. The molecular weight excluding hydrogens is 239 g/mol. The molecule has 0 aromatic heterocycles. The molecule has 2 rings (SSSR count). The molecule has 0 amide bonds. The first-order valence-electron chi connectivity index (χ1n) is 7.31. The van der Waals surface area contributed by atoms with Gasteiger partial charge in [0, 0.05) is 29.9 Å². The van der Waals surface area contributed by atoms with Crippen LogP contribution in [0.5, 0.6) is 0 Å². The summed E-state index contributed by atoms with van der Waals surface area (Å²) in [6.07, 6.45) is 3.56. The molecule has 1 atom stereocenters. The Balaban J connectivity index is 2.28. The maximum Gasteiger partial charge on any atom is 0.130 e. The number of hydrogen-bond donors (Lipinski definition) is 1. The van der Waals surface area contributed by atoms with E-state index in [-0.39, 0.29) is 11.9 Å².